The first-order chi connectivity index (χ1) is 12.4. The van der Waals surface area contributed by atoms with Gasteiger partial charge in [-0.25, -0.2) is 4.39 Å². The SMILES string of the molecule is CCN(CC)Cc1cn(C/C=C(\C)CCC=C(C)C)c2ccc(F)cc12. The predicted molar refractivity (Wildman–Crippen MR) is 111 cm³/mol. The second kappa shape index (κ2) is 9.72. The van der Waals surface area contributed by atoms with Crippen molar-refractivity contribution in [2.24, 2.45) is 0 Å². The molecule has 0 amide bonds. The number of aromatic nitrogens is 1. The van der Waals surface area contributed by atoms with Crippen molar-refractivity contribution < 1.29 is 4.39 Å². The molecule has 0 saturated carbocycles. The normalized spacial score (nSPS) is 12.2. The van der Waals surface area contributed by atoms with Gasteiger partial charge in [-0.2, -0.15) is 0 Å². The molecule has 0 spiro atoms. The third-order valence-electron chi connectivity index (χ3n) is 4.94. The molecular formula is C23H33FN2. The number of hydrogen-bond donors (Lipinski definition) is 0. The highest BCUT2D eigenvalue weighted by Crippen LogP contribution is 2.24. The molecule has 0 aliphatic heterocycles. The van der Waals surface area contributed by atoms with Crippen LogP contribution in [0.1, 0.15) is 53.0 Å². The van der Waals surface area contributed by atoms with Crippen molar-refractivity contribution >= 4 is 10.9 Å². The quantitative estimate of drug-likeness (QED) is 0.478. The lowest BCUT2D eigenvalue weighted by Gasteiger charge is -2.17. The fraction of sp³-hybridized carbons (Fsp3) is 0.478. The molecule has 0 N–H and O–H groups in total. The van der Waals surface area contributed by atoms with Gasteiger partial charge in [0.05, 0.1) is 0 Å². The maximum atomic E-state index is 13.8. The highest BCUT2D eigenvalue weighted by Gasteiger charge is 2.11. The summed E-state index contributed by atoms with van der Waals surface area (Å²) in [7, 11) is 0. The molecular weight excluding hydrogens is 323 g/mol. The Morgan fingerprint density at radius 2 is 1.85 bits per heavy atom. The predicted octanol–water partition coefficient (Wildman–Crippen LogP) is 6.31. The molecule has 0 aliphatic rings. The van der Waals surface area contributed by atoms with Gasteiger partial charge in [-0.15, -0.1) is 0 Å². The minimum absolute atomic E-state index is 0.163. The van der Waals surface area contributed by atoms with E-state index >= 15 is 0 Å². The van der Waals surface area contributed by atoms with Gasteiger partial charge in [0.25, 0.3) is 0 Å². The zero-order valence-corrected chi connectivity index (χ0v) is 17.0. The highest BCUT2D eigenvalue weighted by molar-refractivity contribution is 5.84. The van der Waals surface area contributed by atoms with Crippen LogP contribution >= 0.6 is 0 Å². The van der Waals surface area contributed by atoms with Crippen molar-refractivity contribution in [2.75, 3.05) is 13.1 Å². The summed E-state index contributed by atoms with van der Waals surface area (Å²) in [6, 6.07) is 5.14. The summed E-state index contributed by atoms with van der Waals surface area (Å²) >= 11 is 0. The van der Waals surface area contributed by atoms with E-state index in [2.05, 4.69) is 62.4 Å². The second-order valence-electron chi connectivity index (χ2n) is 7.30. The van der Waals surface area contributed by atoms with Crippen molar-refractivity contribution in [3.05, 3.63) is 59.1 Å². The summed E-state index contributed by atoms with van der Waals surface area (Å²) in [5.41, 5.74) is 5.09. The zero-order valence-electron chi connectivity index (χ0n) is 17.0. The summed E-state index contributed by atoms with van der Waals surface area (Å²) in [5.74, 6) is -0.163. The molecule has 0 radical (unpaired) electrons. The minimum atomic E-state index is -0.163. The van der Waals surface area contributed by atoms with Crippen molar-refractivity contribution in [3.8, 4) is 0 Å². The van der Waals surface area contributed by atoms with Crippen LogP contribution in [0.25, 0.3) is 10.9 Å². The summed E-state index contributed by atoms with van der Waals surface area (Å²) in [6.45, 7) is 14.5. The van der Waals surface area contributed by atoms with Gasteiger partial charge in [0.1, 0.15) is 5.82 Å². The molecule has 0 aliphatic carbocycles. The number of halogens is 1. The first-order valence-electron chi connectivity index (χ1n) is 9.73. The van der Waals surface area contributed by atoms with E-state index in [1.807, 2.05) is 6.07 Å². The lowest BCUT2D eigenvalue weighted by molar-refractivity contribution is 0.296. The molecule has 26 heavy (non-hydrogen) atoms. The molecule has 1 heterocycles. The van der Waals surface area contributed by atoms with E-state index in [-0.39, 0.29) is 5.82 Å². The summed E-state index contributed by atoms with van der Waals surface area (Å²) < 4.78 is 16.1. The molecule has 0 fully saturated rings. The monoisotopic (exact) mass is 356 g/mol. The lowest BCUT2D eigenvalue weighted by Crippen LogP contribution is -2.21. The average Bonchev–Trinajstić information content (AvgIpc) is 2.94. The van der Waals surface area contributed by atoms with Gasteiger partial charge >= 0.3 is 0 Å². The van der Waals surface area contributed by atoms with Crippen LogP contribution in [0.5, 0.6) is 0 Å². The maximum absolute atomic E-state index is 13.8. The Morgan fingerprint density at radius 1 is 1.12 bits per heavy atom. The van der Waals surface area contributed by atoms with Crippen molar-refractivity contribution in [2.45, 2.75) is 60.5 Å². The van der Waals surface area contributed by atoms with E-state index in [1.165, 1.54) is 16.7 Å². The van der Waals surface area contributed by atoms with E-state index in [9.17, 15) is 4.39 Å². The smallest absolute Gasteiger partial charge is 0.123 e. The fourth-order valence-corrected chi connectivity index (χ4v) is 3.25. The standard InChI is InChI=1S/C23H33FN2/c1-6-25(7-2)16-20-17-26(23-12-11-21(24)15-22(20)23)14-13-19(5)10-8-9-18(3)4/h9,11-13,15,17H,6-8,10,14,16H2,1-5H3/b19-13+. The fourth-order valence-electron chi connectivity index (χ4n) is 3.25. The Bertz CT molecular complexity index is 775. The summed E-state index contributed by atoms with van der Waals surface area (Å²) in [4.78, 5) is 2.37. The Hall–Kier alpha value is -1.87. The van der Waals surface area contributed by atoms with E-state index in [1.54, 1.807) is 12.1 Å². The number of hydrogen-bond acceptors (Lipinski definition) is 1. The maximum Gasteiger partial charge on any atom is 0.123 e. The van der Waals surface area contributed by atoms with Gasteiger partial charge in [0, 0.05) is 30.2 Å². The average molecular weight is 357 g/mol. The molecule has 2 rings (SSSR count). The molecule has 2 aromatic rings. The minimum Gasteiger partial charge on any atom is -0.343 e. The topological polar surface area (TPSA) is 8.17 Å². The van der Waals surface area contributed by atoms with Crippen LogP contribution in [0.15, 0.2) is 47.7 Å². The van der Waals surface area contributed by atoms with Crippen LogP contribution in [0, 0.1) is 5.82 Å². The van der Waals surface area contributed by atoms with Gasteiger partial charge in [-0.3, -0.25) is 4.90 Å². The van der Waals surface area contributed by atoms with E-state index in [0.717, 1.165) is 49.9 Å². The van der Waals surface area contributed by atoms with Crippen molar-refractivity contribution in [3.63, 3.8) is 0 Å². The van der Waals surface area contributed by atoms with Gasteiger partial charge in [0.2, 0.25) is 0 Å². The van der Waals surface area contributed by atoms with Crippen LogP contribution in [-0.4, -0.2) is 22.6 Å². The van der Waals surface area contributed by atoms with Crippen LogP contribution in [-0.2, 0) is 13.1 Å². The summed E-state index contributed by atoms with van der Waals surface area (Å²) in [5, 5.41) is 1.03. The van der Waals surface area contributed by atoms with Crippen molar-refractivity contribution in [1.29, 1.82) is 0 Å². The molecule has 1 aromatic carbocycles. The molecule has 3 heteroatoms. The molecule has 0 saturated heterocycles. The van der Waals surface area contributed by atoms with Gasteiger partial charge in [0.15, 0.2) is 0 Å². The van der Waals surface area contributed by atoms with Crippen LogP contribution < -0.4 is 0 Å². The van der Waals surface area contributed by atoms with Crippen molar-refractivity contribution in [1.82, 2.24) is 9.47 Å². The van der Waals surface area contributed by atoms with Crippen LogP contribution in [0.3, 0.4) is 0 Å². The van der Waals surface area contributed by atoms with Gasteiger partial charge in [-0.05, 0) is 70.5 Å². The third kappa shape index (κ3) is 5.57. The molecule has 0 bridgehead atoms. The molecule has 2 nitrogen and oxygen atoms in total. The Labute approximate surface area is 158 Å². The van der Waals surface area contributed by atoms with E-state index < -0.39 is 0 Å². The first kappa shape index (κ1) is 20.4. The van der Waals surface area contributed by atoms with Crippen LogP contribution in [0.4, 0.5) is 4.39 Å². The second-order valence-corrected chi connectivity index (χ2v) is 7.30. The number of benzene rings is 1. The lowest BCUT2D eigenvalue weighted by atomic mass is 10.1. The molecule has 0 atom stereocenters. The molecule has 142 valence electrons. The van der Waals surface area contributed by atoms with Gasteiger partial charge < -0.3 is 4.57 Å². The molecule has 0 unspecified atom stereocenters. The van der Waals surface area contributed by atoms with E-state index in [0.29, 0.717) is 0 Å². The largest absolute Gasteiger partial charge is 0.343 e. The van der Waals surface area contributed by atoms with E-state index in [4.69, 9.17) is 0 Å². The Balaban J connectivity index is 2.23. The molecule has 1 aromatic heterocycles. The number of fused-ring (bicyclic) bond motifs is 1. The zero-order chi connectivity index (χ0) is 19.1. The number of rotatable bonds is 9. The van der Waals surface area contributed by atoms with Gasteiger partial charge in [-0.1, -0.05) is 37.1 Å². The third-order valence-corrected chi connectivity index (χ3v) is 4.94. The summed E-state index contributed by atoms with van der Waals surface area (Å²) in [6.07, 6.45) is 8.96. The first-order valence-corrected chi connectivity index (χ1v) is 9.73. The number of nitrogens with zero attached hydrogens (tertiary/aromatic N) is 2. The Morgan fingerprint density at radius 3 is 2.50 bits per heavy atom. The number of allylic oxidation sites excluding steroid dienone is 4. The highest BCUT2D eigenvalue weighted by atomic mass is 19.1. The Kier molecular flexibility index (Phi) is 7.65. The van der Waals surface area contributed by atoms with Crippen LogP contribution in [0.2, 0.25) is 0 Å².